The predicted octanol–water partition coefficient (Wildman–Crippen LogP) is 0.278. The zero-order valence-electron chi connectivity index (χ0n) is 32.4. The van der Waals surface area contributed by atoms with Gasteiger partial charge < -0.3 is 47.1 Å². The van der Waals surface area contributed by atoms with Crippen molar-refractivity contribution in [3.63, 3.8) is 0 Å². The number of phosphoric acid groups is 1. The molecule has 8 amide bonds. The lowest BCUT2D eigenvalue weighted by Gasteiger charge is -2.28. The largest absolute Gasteiger partial charge is 0.480 e. The van der Waals surface area contributed by atoms with Crippen LogP contribution in [0.4, 0.5) is 10.5 Å². The molecular weight excluding hydrogens is 773 g/mol. The van der Waals surface area contributed by atoms with E-state index < -0.39 is 97.9 Å². The number of nitrogens with zero attached hydrogens (tertiary/aromatic N) is 1. The number of anilines is 1. The fourth-order valence-electron chi connectivity index (χ4n) is 5.23. The summed E-state index contributed by atoms with van der Waals surface area (Å²) < 4.78 is 28.4. The number of aliphatic carboxylic acids is 1. The number of carboxylic acids is 1. The average molecular weight is 826 g/mol. The Labute approximate surface area is 329 Å². The van der Waals surface area contributed by atoms with E-state index in [4.69, 9.17) is 19.5 Å². The number of hydrogen-bond donors (Lipinski definition) is 8. The van der Waals surface area contributed by atoms with Crippen molar-refractivity contribution in [3.05, 3.63) is 42.0 Å². The zero-order chi connectivity index (χ0) is 42.9. The number of carbonyl (C=O) groups excluding carboxylic acids is 7. The molecule has 0 aliphatic carbocycles. The molecule has 2 rings (SSSR count). The molecule has 21 nitrogen and oxygen atoms in total. The molecule has 9 N–H and O–H groups in total. The van der Waals surface area contributed by atoms with E-state index in [1.807, 2.05) is 0 Å². The molecule has 0 bridgehead atoms. The highest BCUT2D eigenvalue weighted by Gasteiger charge is 2.38. The van der Waals surface area contributed by atoms with Crippen molar-refractivity contribution in [1.29, 1.82) is 0 Å². The standard InChI is InChI=1S/C35H52N7O14P/c1-20(2)29(41-26(44)14-17-54-18-16-42-27(45)12-13-28(42)46)33(48)40-25(7-6-15-37-35(36)51)32(47)39-24-10-8-23(9-11-24)19-55-57(52,53)56-31(21(3)4)30(34(49)50)38-22(5)43/h8-13,20-21,25,29-31H,6-7,14-19H2,1-5H3,(H,38,43)(H,39,47)(H,40,48)(H,41,44)(H,49,50)(H,52,53)(H3,36,37,51)/t25-,29-,30-,31+/m0/s1. The van der Waals surface area contributed by atoms with Gasteiger partial charge in [0.15, 0.2) is 6.04 Å². The minimum Gasteiger partial charge on any atom is -0.480 e. The number of urea groups is 1. The molecule has 1 aliphatic heterocycles. The summed E-state index contributed by atoms with van der Waals surface area (Å²) in [6, 6.07) is 1.26. The molecule has 0 spiro atoms. The lowest BCUT2D eigenvalue weighted by molar-refractivity contribution is -0.145. The van der Waals surface area contributed by atoms with Crippen molar-refractivity contribution in [2.45, 2.75) is 84.7 Å². The number of carbonyl (C=O) groups is 8. The van der Waals surface area contributed by atoms with E-state index in [2.05, 4.69) is 26.6 Å². The van der Waals surface area contributed by atoms with Gasteiger partial charge in [-0.15, -0.1) is 0 Å². The van der Waals surface area contributed by atoms with Crippen LogP contribution >= 0.6 is 7.82 Å². The third kappa shape index (κ3) is 17.2. The molecule has 5 atom stereocenters. The number of nitrogens with two attached hydrogens (primary N) is 1. The highest BCUT2D eigenvalue weighted by molar-refractivity contribution is 7.47. The Morgan fingerprint density at radius 2 is 1.51 bits per heavy atom. The summed E-state index contributed by atoms with van der Waals surface area (Å²) in [7, 11) is -4.84. The lowest BCUT2D eigenvalue weighted by atomic mass is 10.00. The van der Waals surface area contributed by atoms with E-state index in [0.29, 0.717) is 5.56 Å². The molecule has 1 heterocycles. The molecule has 0 saturated heterocycles. The van der Waals surface area contributed by atoms with E-state index >= 15 is 0 Å². The van der Waals surface area contributed by atoms with Gasteiger partial charge in [0.1, 0.15) is 18.2 Å². The topological polar surface area (TPSA) is 311 Å². The van der Waals surface area contributed by atoms with Crippen molar-refractivity contribution >= 4 is 61.0 Å². The maximum atomic E-state index is 13.4. The number of imide groups is 1. The van der Waals surface area contributed by atoms with Crippen molar-refractivity contribution in [2.24, 2.45) is 17.6 Å². The summed E-state index contributed by atoms with van der Waals surface area (Å²) in [5.74, 6) is -5.90. The van der Waals surface area contributed by atoms with E-state index in [0.717, 1.165) is 24.0 Å². The number of rotatable bonds is 25. The highest BCUT2D eigenvalue weighted by Crippen LogP contribution is 2.47. The van der Waals surface area contributed by atoms with E-state index in [1.54, 1.807) is 13.8 Å². The van der Waals surface area contributed by atoms with Gasteiger partial charge in [-0.1, -0.05) is 39.8 Å². The van der Waals surface area contributed by atoms with Crippen LogP contribution < -0.4 is 32.3 Å². The summed E-state index contributed by atoms with van der Waals surface area (Å²) in [5.41, 5.74) is 5.76. The second kappa shape index (κ2) is 23.1. The fraction of sp³-hybridized carbons (Fsp3) is 0.543. The number of benzene rings is 1. The molecule has 22 heteroatoms. The van der Waals surface area contributed by atoms with E-state index in [1.165, 1.54) is 38.1 Å². The molecular formula is C35H52N7O14P. The first-order valence-electron chi connectivity index (χ1n) is 18.0. The third-order valence-corrected chi connectivity index (χ3v) is 9.15. The quantitative estimate of drug-likeness (QED) is 0.0373. The first-order valence-corrected chi connectivity index (χ1v) is 19.5. The van der Waals surface area contributed by atoms with Gasteiger partial charge in [0, 0.05) is 37.7 Å². The number of hydrogen-bond acceptors (Lipinski definition) is 12. The van der Waals surface area contributed by atoms with Crippen LogP contribution in [0.2, 0.25) is 0 Å². The summed E-state index contributed by atoms with van der Waals surface area (Å²) in [4.78, 5) is 109. The SMILES string of the molecule is CC(=O)N[C@H](C(=O)O)[C@H](OP(=O)(O)OCc1ccc(NC(=O)[C@H](CCCNC(N)=O)NC(=O)[C@@H](NC(=O)CCOCCN2C(=O)C=CC2=O)C(C)C)cc1)C(C)C. The molecule has 57 heavy (non-hydrogen) atoms. The zero-order valence-corrected chi connectivity index (χ0v) is 33.2. The van der Waals surface area contributed by atoms with Gasteiger partial charge in [-0.3, -0.25) is 42.7 Å². The number of amides is 8. The average Bonchev–Trinajstić information content (AvgIpc) is 3.44. The molecule has 1 unspecified atom stereocenters. The first kappa shape index (κ1) is 47.9. The molecule has 1 aromatic carbocycles. The van der Waals surface area contributed by atoms with Crippen LogP contribution in [0.5, 0.6) is 0 Å². The Bertz CT molecular complexity index is 1670. The maximum absolute atomic E-state index is 13.4. The summed E-state index contributed by atoms with van der Waals surface area (Å²) in [5, 5.41) is 22.1. The van der Waals surface area contributed by atoms with Gasteiger partial charge >= 0.3 is 19.8 Å². The third-order valence-electron chi connectivity index (χ3n) is 8.18. The van der Waals surface area contributed by atoms with Crippen LogP contribution in [0.1, 0.15) is 59.4 Å². The Kier molecular flexibility index (Phi) is 19.4. The van der Waals surface area contributed by atoms with Crippen molar-refractivity contribution in [3.8, 4) is 0 Å². The number of ether oxygens (including phenoxy) is 1. The number of primary amides is 1. The summed E-state index contributed by atoms with van der Waals surface area (Å²) in [6.45, 7) is 7.18. The second-order valence-electron chi connectivity index (χ2n) is 13.6. The van der Waals surface area contributed by atoms with E-state index in [-0.39, 0.29) is 51.3 Å². The van der Waals surface area contributed by atoms with Crippen LogP contribution in [-0.4, -0.2) is 113 Å². The van der Waals surface area contributed by atoms with Gasteiger partial charge in [-0.25, -0.2) is 14.2 Å². The molecule has 0 radical (unpaired) electrons. The van der Waals surface area contributed by atoms with Crippen LogP contribution in [0.25, 0.3) is 0 Å². The molecule has 0 saturated carbocycles. The van der Waals surface area contributed by atoms with Gasteiger partial charge in [0.2, 0.25) is 23.6 Å². The smallest absolute Gasteiger partial charge is 0.472 e. The molecule has 0 fully saturated rings. The molecule has 1 aliphatic rings. The van der Waals surface area contributed by atoms with Crippen molar-refractivity contribution in [1.82, 2.24) is 26.2 Å². The second-order valence-corrected chi connectivity index (χ2v) is 15.0. The number of nitrogens with one attached hydrogen (secondary N) is 5. The minimum atomic E-state index is -4.84. The summed E-state index contributed by atoms with van der Waals surface area (Å²) in [6.07, 6.45) is 1.04. The van der Waals surface area contributed by atoms with Crippen LogP contribution in [-0.2, 0) is 58.5 Å². The van der Waals surface area contributed by atoms with Gasteiger partial charge in [-0.2, -0.15) is 0 Å². The Hall–Kier alpha value is -5.21. The number of carboxylic acid groups (broad SMARTS) is 1. The minimum absolute atomic E-state index is 0.00954. The first-order chi connectivity index (χ1) is 26.7. The molecule has 0 aromatic heterocycles. The maximum Gasteiger partial charge on any atom is 0.472 e. The van der Waals surface area contributed by atoms with E-state index in [9.17, 15) is 52.9 Å². The van der Waals surface area contributed by atoms with Gasteiger partial charge in [0.05, 0.1) is 26.4 Å². The number of phosphoric ester groups is 1. The van der Waals surface area contributed by atoms with Crippen molar-refractivity contribution < 1.29 is 66.7 Å². The normalized spacial score (nSPS) is 15.7. The Morgan fingerprint density at radius 3 is 2.05 bits per heavy atom. The molecule has 316 valence electrons. The Morgan fingerprint density at radius 1 is 0.877 bits per heavy atom. The van der Waals surface area contributed by atoms with Gasteiger partial charge in [0.25, 0.3) is 11.8 Å². The fourth-order valence-corrected chi connectivity index (χ4v) is 6.27. The summed E-state index contributed by atoms with van der Waals surface area (Å²) >= 11 is 0. The lowest BCUT2D eigenvalue weighted by Crippen LogP contribution is -2.54. The monoisotopic (exact) mass is 825 g/mol. The van der Waals surface area contributed by atoms with Crippen LogP contribution in [0, 0.1) is 11.8 Å². The van der Waals surface area contributed by atoms with Crippen LogP contribution in [0.15, 0.2) is 36.4 Å². The van der Waals surface area contributed by atoms with Gasteiger partial charge in [-0.05, 0) is 42.4 Å². The Balaban J connectivity index is 2.02. The predicted molar refractivity (Wildman–Crippen MR) is 201 cm³/mol. The van der Waals surface area contributed by atoms with Crippen LogP contribution in [0.3, 0.4) is 0 Å². The van der Waals surface area contributed by atoms with Crippen molar-refractivity contribution in [2.75, 3.05) is 31.6 Å². The molecule has 1 aromatic rings. The highest BCUT2D eigenvalue weighted by atomic mass is 31.2.